The molecule has 1 heterocycles. The van der Waals surface area contributed by atoms with Crippen LogP contribution in [0.1, 0.15) is 51.1 Å². The van der Waals surface area contributed by atoms with Crippen molar-refractivity contribution in [3.8, 4) is 0 Å². The molecule has 21 heavy (non-hydrogen) atoms. The van der Waals surface area contributed by atoms with Crippen LogP contribution in [0.5, 0.6) is 0 Å². The lowest BCUT2D eigenvalue weighted by atomic mass is 10.1. The van der Waals surface area contributed by atoms with Gasteiger partial charge in [-0.3, -0.25) is 4.90 Å². The number of benzene rings is 1. The molecule has 2 unspecified atom stereocenters. The van der Waals surface area contributed by atoms with Gasteiger partial charge in [0.15, 0.2) is 6.29 Å². The summed E-state index contributed by atoms with van der Waals surface area (Å²) in [7, 11) is 2.18. The van der Waals surface area contributed by atoms with E-state index in [1.807, 2.05) is 0 Å². The molecule has 1 aliphatic rings. The van der Waals surface area contributed by atoms with Crippen LogP contribution in [0.3, 0.4) is 0 Å². The lowest BCUT2D eigenvalue weighted by molar-refractivity contribution is -0.185. The van der Waals surface area contributed by atoms with Crippen molar-refractivity contribution in [2.24, 2.45) is 0 Å². The molecule has 2 rings (SSSR count). The van der Waals surface area contributed by atoms with Gasteiger partial charge in [0, 0.05) is 19.2 Å². The first kappa shape index (κ1) is 16.5. The second-order valence-corrected chi connectivity index (χ2v) is 6.10. The van der Waals surface area contributed by atoms with Gasteiger partial charge in [-0.1, -0.05) is 30.3 Å². The minimum Gasteiger partial charge on any atom is -0.353 e. The zero-order valence-corrected chi connectivity index (χ0v) is 13.6. The van der Waals surface area contributed by atoms with Gasteiger partial charge in [0.1, 0.15) is 0 Å². The number of nitrogens with zero attached hydrogens (tertiary/aromatic N) is 1. The zero-order valence-electron chi connectivity index (χ0n) is 13.6. The van der Waals surface area contributed by atoms with Gasteiger partial charge in [0.05, 0.1) is 6.10 Å². The molecule has 1 saturated heterocycles. The SMILES string of the molecule is CC(CCN(C)[C@@H](C)c1ccccc1)OC1CCCCO1. The Hall–Kier alpha value is -0.900. The standard InChI is InChI=1S/C18H29NO2/c1-15(21-18-11-7-8-14-20-18)12-13-19(3)16(2)17-9-5-4-6-10-17/h4-6,9-10,15-16,18H,7-8,11-14H2,1-3H3/t15?,16-,18?/m0/s1. The average molecular weight is 291 g/mol. The van der Waals surface area contributed by atoms with E-state index in [-0.39, 0.29) is 12.4 Å². The maximum atomic E-state index is 5.98. The first-order chi connectivity index (χ1) is 10.2. The Bertz CT molecular complexity index is 389. The molecule has 0 aromatic heterocycles. The van der Waals surface area contributed by atoms with Gasteiger partial charge in [-0.25, -0.2) is 0 Å². The monoisotopic (exact) mass is 291 g/mol. The van der Waals surface area contributed by atoms with Gasteiger partial charge < -0.3 is 9.47 Å². The Morgan fingerprint density at radius 3 is 2.67 bits per heavy atom. The number of hydrogen-bond acceptors (Lipinski definition) is 3. The molecule has 1 aliphatic heterocycles. The largest absolute Gasteiger partial charge is 0.353 e. The van der Waals surface area contributed by atoms with E-state index in [9.17, 15) is 0 Å². The van der Waals surface area contributed by atoms with Crippen LogP contribution < -0.4 is 0 Å². The van der Waals surface area contributed by atoms with Crippen LogP contribution in [0.25, 0.3) is 0 Å². The first-order valence-corrected chi connectivity index (χ1v) is 8.19. The quantitative estimate of drug-likeness (QED) is 0.758. The highest BCUT2D eigenvalue weighted by Gasteiger charge is 2.18. The molecular weight excluding hydrogens is 262 g/mol. The molecule has 3 nitrogen and oxygen atoms in total. The van der Waals surface area contributed by atoms with E-state index in [4.69, 9.17) is 9.47 Å². The van der Waals surface area contributed by atoms with Gasteiger partial charge >= 0.3 is 0 Å². The summed E-state index contributed by atoms with van der Waals surface area (Å²) in [5.41, 5.74) is 1.36. The Labute approximate surface area is 129 Å². The smallest absolute Gasteiger partial charge is 0.157 e. The summed E-state index contributed by atoms with van der Waals surface area (Å²) in [5, 5.41) is 0. The highest BCUT2D eigenvalue weighted by Crippen LogP contribution is 2.20. The predicted octanol–water partition coefficient (Wildman–Crippen LogP) is 4.00. The summed E-state index contributed by atoms with van der Waals surface area (Å²) in [4.78, 5) is 2.39. The minimum atomic E-state index is 0.0191. The highest BCUT2D eigenvalue weighted by atomic mass is 16.7. The highest BCUT2D eigenvalue weighted by molar-refractivity contribution is 5.18. The van der Waals surface area contributed by atoms with Crippen LogP contribution in [0, 0.1) is 0 Å². The molecular formula is C18H29NO2. The first-order valence-electron chi connectivity index (χ1n) is 8.19. The fraction of sp³-hybridized carbons (Fsp3) is 0.667. The second kappa shape index (κ2) is 8.52. The third-order valence-corrected chi connectivity index (χ3v) is 4.35. The van der Waals surface area contributed by atoms with Gasteiger partial charge in [0.2, 0.25) is 0 Å². The number of rotatable bonds is 7. The van der Waals surface area contributed by atoms with Gasteiger partial charge in [0.25, 0.3) is 0 Å². The summed E-state index contributed by atoms with van der Waals surface area (Å²) in [6, 6.07) is 11.1. The van der Waals surface area contributed by atoms with Crippen molar-refractivity contribution < 1.29 is 9.47 Å². The van der Waals surface area contributed by atoms with Gasteiger partial charge in [-0.05, 0) is 52.1 Å². The molecule has 0 amide bonds. The Morgan fingerprint density at radius 1 is 1.24 bits per heavy atom. The molecule has 1 fully saturated rings. The number of hydrogen-bond donors (Lipinski definition) is 0. The number of ether oxygens (including phenoxy) is 2. The Balaban J connectivity index is 1.71. The Kier molecular flexibility index (Phi) is 6.68. The summed E-state index contributed by atoms with van der Waals surface area (Å²) < 4.78 is 11.6. The topological polar surface area (TPSA) is 21.7 Å². The van der Waals surface area contributed by atoms with Crippen LogP contribution in [0.4, 0.5) is 0 Å². The van der Waals surface area contributed by atoms with Crippen molar-refractivity contribution in [3.63, 3.8) is 0 Å². The molecule has 0 saturated carbocycles. The fourth-order valence-corrected chi connectivity index (χ4v) is 2.71. The van der Waals surface area contributed by atoms with E-state index in [1.165, 1.54) is 18.4 Å². The third-order valence-electron chi connectivity index (χ3n) is 4.35. The van der Waals surface area contributed by atoms with Crippen LogP contribution in [-0.4, -0.2) is 37.5 Å². The molecule has 0 N–H and O–H groups in total. The van der Waals surface area contributed by atoms with Gasteiger partial charge in [-0.2, -0.15) is 0 Å². The maximum Gasteiger partial charge on any atom is 0.157 e. The lowest BCUT2D eigenvalue weighted by Crippen LogP contribution is -2.30. The fourth-order valence-electron chi connectivity index (χ4n) is 2.71. The molecule has 118 valence electrons. The van der Waals surface area contributed by atoms with E-state index in [1.54, 1.807) is 0 Å². The summed E-state index contributed by atoms with van der Waals surface area (Å²) in [6.07, 6.45) is 4.74. The summed E-state index contributed by atoms with van der Waals surface area (Å²) >= 11 is 0. The van der Waals surface area contributed by atoms with Crippen molar-refractivity contribution in [1.29, 1.82) is 0 Å². The molecule has 1 aromatic rings. The Morgan fingerprint density at radius 2 is 2.00 bits per heavy atom. The van der Waals surface area contributed by atoms with E-state index in [0.29, 0.717) is 6.04 Å². The molecule has 0 spiro atoms. The summed E-state index contributed by atoms with van der Waals surface area (Å²) in [5.74, 6) is 0. The van der Waals surface area contributed by atoms with Crippen molar-refractivity contribution >= 4 is 0 Å². The van der Waals surface area contributed by atoms with Crippen molar-refractivity contribution in [2.75, 3.05) is 20.2 Å². The van der Waals surface area contributed by atoms with E-state index in [0.717, 1.165) is 26.0 Å². The van der Waals surface area contributed by atoms with E-state index < -0.39 is 0 Å². The van der Waals surface area contributed by atoms with Crippen LogP contribution >= 0.6 is 0 Å². The van der Waals surface area contributed by atoms with Crippen LogP contribution in [0.2, 0.25) is 0 Å². The van der Waals surface area contributed by atoms with E-state index >= 15 is 0 Å². The van der Waals surface area contributed by atoms with Crippen LogP contribution in [-0.2, 0) is 9.47 Å². The summed E-state index contributed by atoms with van der Waals surface area (Å²) in [6.45, 7) is 6.29. The van der Waals surface area contributed by atoms with Crippen molar-refractivity contribution in [1.82, 2.24) is 4.90 Å². The maximum absolute atomic E-state index is 5.98. The normalized spacial score (nSPS) is 22.2. The molecule has 3 heteroatoms. The molecule has 0 bridgehead atoms. The van der Waals surface area contributed by atoms with Crippen LogP contribution in [0.15, 0.2) is 30.3 Å². The predicted molar refractivity (Wildman–Crippen MR) is 86.2 cm³/mol. The molecule has 1 aromatic carbocycles. The average Bonchev–Trinajstić information content (AvgIpc) is 2.53. The molecule has 0 radical (unpaired) electrons. The third kappa shape index (κ3) is 5.42. The molecule has 3 atom stereocenters. The van der Waals surface area contributed by atoms with Crippen molar-refractivity contribution in [2.45, 2.75) is 58.0 Å². The van der Waals surface area contributed by atoms with Gasteiger partial charge in [-0.15, -0.1) is 0 Å². The second-order valence-electron chi connectivity index (χ2n) is 6.10. The van der Waals surface area contributed by atoms with E-state index in [2.05, 4.69) is 56.1 Å². The lowest BCUT2D eigenvalue weighted by Gasteiger charge is -2.29. The minimum absolute atomic E-state index is 0.0191. The zero-order chi connectivity index (χ0) is 15.1. The van der Waals surface area contributed by atoms with Crippen molar-refractivity contribution in [3.05, 3.63) is 35.9 Å². The molecule has 0 aliphatic carbocycles.